The van der Waals surface area contributed by atoms with E-state index in [0.29, 0.717) is 22.7 Å². The minimum absolute atomic E-state index is 0.107. The van der Waals surface area contributed by atoms with Crippen molar-refractivity contribution in [3.63, 3.8) is 0 Å². The number of hydrogen-bond donors (Lipinski definition) is 3. The van der Waals surface area contributed by atoms with E-state index in [1.165, 1.54) is 12.1 Å². The molecule has 0 atom stereocenters. The van der Waals surface area contributed by atoms with Crippen molar-refractivity contribution in [1.29, 1.82) is 0 Å². The Balaban J connectivity index is 0.000000179. The fraction of sp³-hybridized carbons (Fsp3) is 0.0952. The van der Waals surface area contributed by atoms with Crippen molar-refractivity contribution in [2.75, 3.05) is 11.1 Å². The van der Waals surface area contributed by atoms with Crippen LogP contribution in [-0.4, -0.2) is 24.2 Å². The predicted octanol–water partition coefficient (Wildman–Crippen LogP) is 3.88. The number of nitrogens with zero attached hydrogens (tertiary/aromatic N) is 4. The van der Waals surface area contributed by atoms with E-state index in [2.05, 4.69) is 27.5 Å². The van der Waals surface area contributed by atoms with Crippen LogP contribution in [0.4, 0.5) is 20.2 Å². The minimum Gasteiger partial charge on any atom is -0.399 e. The molecule has 2 aromatic carbocycles. The summed E-state index contributed by atoms with van der Waals surface area (Å²) in [6.07, 6.45) is 6.64. The van der Waals surface area contributed by atoms with Gasteiger partial charge in [0.05, 0.1) is 35.4 Å². The molecular formula is C21H21F2N7S. The average molecular weight is 442 g/mol. The first-order valence-electron chi connectivity index (χ1n) is 9.16. The second kappa shape index (κ2) is 9.35. The number of nitrogens with one attached hydrogen (secondary N) is 1. The molecule has 0 bridgehead atoms. The number of imidazole rings is 2. The van der Waals surface area contributed by atoms with Crippen molar-refractivity contribution in [1.82, 2.24) is 19.1 Å². The molecule has 0 radical (unpaired) electrons. The van der Waals surface area contributed by atoms with Crippen molar-refractivity contribution in [2.24, 2.45) is 5.73 Å². The highest BCUT2D eigenvalue weighted by atomic mass is 32.1. The molecule has 160 valence electrons. The number of hydrogen-bond acceptors (Lipinski definition) is 4. The third-order valence-corrected chi connectivity index (χ3v) is 4.27. The topological polar surface area (TPSA) is 99.7 Å². The number of aryl methyl sites for hydroxylation is 2. The summed E-state index contributed by atoms with van der Waals surface area (Å²) in [4.78, 5) is 8.07. The normalized spacial score (nSPS) is 10.3. The summed E-state index contributed by atoms with van der Waals surface area (Å²) in [6.45, 7) is 3.70. The molecule has 2 aromatic heterocycles. The van der Waals surface area contributed by atoms with E-state index in [1.54, 1.807) is 58.4 Å². The quantitative estimate of drug-likeness (QED) is 0.330. The lowest BCUT2D eigenvalue weighted by atomic mass is 10.2. The maximum atomic E-state index is 13.8. The van der Waals surface area contributed by atoms with E-state index in [0.717, 1.165) is 11.4 Å². The van der Waals surface area contributed by atoms with Crippen LogP contribution < -0.4 is 16.8 Å². The first kappa shape index (κ1) is 21.9. The van der Waals surface area contributed by atoms with Gasteiger partial charge >= 0.3 is 0 Å². The van der Waals surface area contributed by atoms with Crippen LogP contribution in [0.3, 0.4) is 0 Å². The highest BCUT2D eigenvalue weighted by molar-refractivity contribution is 7.80. The molecule has 10 heteroatoms. The summed E-state index contributed by atoms with van der Waals surface area (Å²) >= 11 is 4.68. The van der Waals surface area contributed by atoms with Crippen LogP contribution in [0.5, 0.6) is 0 Å². The summed E-state index contributed by atoms with van der Waals surface area (Å²) in [5.41, 5.74) is 14.3. The Kier molecular flexibility index (Phi) is 6.61. The van der Waals surface area contributed by atoms with Crippen LogP contribution >= 0.6 is 12.2 Å². The second-order valence-corrected chi connectivity index (χ2v) is 7.15. The van der Waals surface area contributed by atoms with E-state index in [4.69, 9.17) is 11.5 Å². The SMILES string of the molecule is Cc1cn(-c2ccc(N)cc2F)cn1.Cc1cn(-c2ccc(NC(N)=S)cc2F)cn1. The van der Waals surface area contributed by atoms with Crippen LogP contribution in [0.1, 0.15) is 11.4 Å². The minimum atomic E-state index is -0.372. The molecule has 0 amide bonds. The van der Waals surface area contributed by atoms with Gasteiger partial charge in [0.1, 0.15) is 11.6 Å². The maximum absolute atomic E-state index is 13.8. The van der Waals surface area contributed by atoms with E-state index >= 15 is 0 Å². The highest BCUT2D eigenvalue weighted by Crippen LogP contribution is 2.18. The molecule has 4 rings (SSSR count). The molecule has 0 spiro atoms. The summed E-state index contributed by atoms with van der Waals surface area (Å²) in [6, 6.07) is 9.26. The number of thiocarbonyl (C=S) groups is 1. The molecule has 0 aliphatic heterocycles. The molecular weight excluding hydrogens is 420 g/mol. The van der Waals surface area contributed by atoms with Crippen LogP contribution in [0.15, 0.2) is 61.4 Å². The Morgan fingerprint density at radius 3 is 1.84 bits per heavy atom. The van der Waals surface area contributed by atoms with E-state index in [1.807, 2.05) is 13.8 Å². The summed E-state index contributed by atoms with van der Waals surface area (Å²) in [5, 5.41) is 2.78. The van der Waals surface area contributed by atoms with E-state index in [9.17, 15) is 8.78 Å². The number of rotatable bonds is 3. The molecule has 0 saturated carbocycles. The first-order chi connectivity index (χ1) is 14.7. The van der Waals surface area contributed by atoms with E-state index < -0.39 is 0 Å². The Bertz CT molecular complexity index is 1220. The fourth-order valence-corrected chi connectivity index (χ4v) is 2.89. The van der Waals surface area contributed by atoms with Gasteiger partial charge in [-0.3, -0.25) is 0 Å². The zero-order valence-corrected chi connectivity index (χ0v) is 17.7. The Morgan fingerprint density at radius 2 is 1.42 bits per heavy atom. The molecule has 0 fully saturated rings. The number of anilines is 2. The second-order valence-electron chi connectivity index (χ2n) is 6.71. The molecule has 31 heavy (non-hydrogen) atoms. The largest absolute Gasteiger partial charge is 0.399 e. The molecule has 7 nitrogen and oxygen atoms in total. The zero-order chi connectivity index (χ0) is 22.5. The van der Waals surface area contributed by atoms with Crippen LogP contribution in [0.2, 0.25) is 0 Å². The summed E-state index contributed by atoms with van der Waals surface area (Å²) in [5.74, 6) is -0.717. The first-order valence-corrected chi connectivity index (χ1v) is 9.56. The van der Waals surface area contributed by atoms with Crippen molar-refractivity contribution in [3.8, 4) is 11.4 Å². The smallest absolute Gasteiger partial charge is 0.168 e. The molecule has 5 N–H and O–H groups in total. The molecule has 0 saturated heterocycles. The van der Waals surface area contributed by atoms with Gasteiger partial charge in [-0.05, 0) is 62.5 Å². The highest BCUT2D eigenvalue weighted by Gasteiger charge is 2.07. The zero-order valence-electron chi connectivity index (χ0n) is 16.9. The van der Waals surface area contributed by atoms with Crippen LogP contribution in [0.25, 0.3) is 11.4 Å². The van der Waals surface area contributed by atoms with Crippen molar-refractivity contribution in [3.05, 3.63) is 84.5 Å². The van der Waals surface area contributed by atoms with Gasteiger partial charge in [0.15, 0.2) is 5.11 Å². The van der Waals surface area contributed by atoms with Crippen molar-refractivity contribution in [2.45, 2.75) is 13.8 Å². The summed E-state index contributed by atoms with van der Waals surface area (Å²) < 4.78 is 30.5. The van der Waals surface area contributed by atoms with Gasteiger partial charge in [0.2, 0.25) is 0 Å². The lowest BCUT2D eigenvalue weighted by molar-refractivity contribution is 0.618. The number of nitrogen functional groups attached to an aromatic ring is 1. The number of benzene rings is 2. The summed E-state index contributed by atoms with van der Waals surface area (Å²) in [7, 11) is 0. The molecule has 4 aromatic rings. The number of aromatic nitrogens is 4. The predicted molar refractivity (Wildman–Crippen MR) is 121 cm³/mol. The van der Waals surface area contributed by atoms with Gasteiger partial charge in [-0.15, -0.1) is 0 Å². The fourth-order valence-electron chi connectivity index (χ4n) is 2.77. The lowest BCUT2D eigenvalue weighted by Crippen LogP contribution is -2.19. The molecule has 0 aliphatic carbocycles. The van der Waals surface area contributed by atoms with Crippen molar-refractivity contribution < 1.29 is 8.78 Å². The molecule has 0 unspecified atom stereocenters. The third-order valence-electron chi connectivity index (χ3n) is 4.17. The van der Waals surface area contributed by atoms with Gasteiger partial charge in [-0.2, -0.15) is 0 Å². The number of halogens is 2. The Hall–Kier alpha value is -3.79. The van der Waals surface area contributed by atoms with Gasteiger partial charge in [0, 0.05) is 23.8 Å². The van der Waals surface area contributed by atoms with Gasteiger partial charge in [0.25, 0.3) is 0 Å². The Morgan fingerprint density at radius 1 is 0.903 bits per heavy atom. The Labute approximate surface area is 183 Å². The standard InChI is InChI=1S/C11H11FN4S.C10H10FN3/c1-7-5-16(6-14-7)10-3-2-8(4-9(10)12)15-11(13)17;1-7-5-14(6-13-7)10-3-2-8(12)4-9(10)11/h2-6H,1H3,(H3,13,15,17);2-6H,12H2,1H3. The van der Waals surface area contributed by atoms with Crippen molar-refractivity contribution >= 4 is 28.7 Å². The molecule has 0 aliphatic rings. The van der Waals surface area contributed by atoms with Gasteiger partial charge in [-0.1, -0.05) is 0 Å². The lowest BCUT2D eigenvalue weighted by Gasteiger charge is -2.07. The van der Waals surface area contributed by atoms with Gasteiger partial charge < -0.3 is 25.9 Å². The molecule has 2 heterocycles. The van der Waals surface area contributed by atoms with Gasteiger partial charge in [-0.25, -0.2) is 18.7 Å². The van der Waals surface area contributed by atoms with E-state index in [-0.39, 0.29) is 16.7 Å². The maximum Gasteiger partial charge on any atom is 0.168 e. The third kappa shape index (κ3) is 5.64. The van der Waals surface area contributed by atoms with Crippen LogP contribution in [-0.2, 0) is 0 Å². The average Bonchev–Trinajstić information content (AvgIpc) is 3.30. The number of nitrogens with two attached hydrogens (primary N) is 2. The van der Waals surface area contributed by atoms with Crippen LogP contribution in [0, 0.1) is 25.5 Å². The monoisotopic (exact) mass is 441 g/mol.